The SMILES string of the molecule is NC(=O)C(=Cc1c[nH]c2nc(NC(=O)c3cccs3)ccc12)c1ccccc1. The lowest BCUT2D eigenvalue weighted by molar-refractivity contribution is -0.112. The van der Waals surface area contributed by atoms with E-state index in [2.05, 4.69) is 15.3 Å². The molecule has 0 atom stereocenters. The second-order valence-electron chi connectivity index (χ2n) is 6.06. The summed E-state index contributed by atoms with van der Waals surface area (Å²) in [7, 11) is 0. The van der Waals surface area contributed by atoms with E-state index in [1.807, 2.05) is 47.8 Å². The van der Waals surface area contributed by atoms with E-state index in [9.17, 15) is 9.59 Å². The number of carbonyl (C=O) groups is 2. The zero-order chi connectivity index (χ0) is 19.5. The van der Waals surface area contributed by atoms with Crippen molar-refractivity contribution < 1.29 is 9.59 Å². The predicted molar refractivity (Wildman–Crippen MR) is 112 cm³/mol. The minimum absolute atomic E-state index is 0.200. The number of nitrogens with one attached hydrogen (secondary N) is 2. The fourth-order valence-corrected chi connectivity index (χ4v) is 3.49. The van der Waals surface area contributed by atoms with E-state index < -0.39 is 5.91 Å². The van der Waals surface area contributed by atoms with E-state index in [1.54, 1.807) is 24.4 Å². The van der Waals surface area contributed by atoms with Gasteiger partial charge in [0.1, 0.15) is 11.5 Å². The van der Waals surface area contributed by atoms with Crippen LogP contribution >= 0.6 is 11.3 Å². The number of aromatic amines is 1. The third-order valence-electron chi connectivity index (χ3n) is 4.21. The summed E-state index contributed by atoms with van der Waals surface area (Å²) in [4.78, 5) is 32.2. The molecule has 0 radical (unpaired) electrons. The lowest BCUT2D eigenvalue weighted by Crippen LogP contribution is -2.12. The molecular weight excluding hydrogens is 372 g/mol. The minimum atomic E-state index is -0.506. The summed E-state index contributed by atoms with van der Waals surface area (Å²) in [5, 5.41) is 5.45. The third-order valence-corrected chi connectivity index (χ3v) is 5.08. The van der Waals surface area contributed by atoms with Gasteiger partial charge in [-0.25, -0.2) is 4.98 Å². The van der Waals surface area contributed by atoms with E-state index in [-0.39, 0.29) is 5.91 Å². The first-order valence-electron chi connectivity index (χ1n) is 8.52. The van der Waals surface area contributed by atoms with Crippen molar-refractivity contribution in [1.29, 1.82) is 0 Å². The first-order chi connectivity index (χ1) is 13.6. The summed E-state index contributed by atoms with van der Waals surface area (Å²) in [6.45, 7) is 0. The molecule has 0 spiro atoms. The van der Waals surface area contributed by atoms with E-state index in [4.69, 9.17) is 5.73 Å². The molecule has 0 bridgehead atoms. The Hall–Kier alpha value is -3.71. The number of benzene rings is 1. The van der Waals surface area contributed by atoms with Crippen LogP contribution in [0.4, 0.5) is 5.82 Å². The van der Waals surface area contributed by atoms with E-state index in [0.717, 1.165) is 16.5 Å². The maximum absolute atomic E-state index is 12.2. The van der Waals surface area contributed by atoms with Crippen molar-refractivity contribution in [3.63, 3.8) is 0 Å². The molecule has 0 unspecified atom stereocenters. The monoisotopic (exact) mass is 388 g/mol. The molecule has 0 fully saturated rings. The van der Waals surface area contributed by atoms with Gasteiger partial charge in [-0.1, -0.05) is 36.4 Å². The van der Waals surface area contributed by atoms with Crippen LogP contribution in [0.25, 0.3) is 22.7 Å². The highest BCUT2D eigenvalue weighted by atomic mass is 32.1. The topological polar surface area (TPSA) is 101 Å². The number of anilines is 1. The Morgan fingerprint density at radius 3 is 2.61 bits per heavy atom. The number of aromatic nitrogens is 2. The summed E-state index contributed by atoms with van der Waals surface area (Å²) < 4.78 is 0. The number of primary amides is 1. The number of nitrogens with two attached hydrogens (primary N) is 1. The van der Waals surface area contributed by atoms with Crippen molar-refractivity contribution in [1.82, 2.24) is 9.97 Å². The average molecular weight is 388 g/mol. The Bertz CT molecular complexity index is 1180. The smallest absolute Gasteiger partial charge is 0.266 e. The first-order valence-corrected chi connectivity index (χ1v) is 9.40. The van der Waals surface area contributed by atoms with Gasteiger partial charge in [0.25, 0.3) is 5.91 Å². The molecule has 0 saturated carbocycles. The molecule has 1 aromatic carbocycles. The summed E-state index contributed by atoms with van der Waals surface area (Å²) in [5.41, 5.74) is 8.13. The zero-order valence-corrected chi connectivity index (χ0v) is 15.5. The van der Waals surface area contributed by atoms with Crippen molar-refractivity contribution >= 4 is 51.7 Å². The van der Waals surface area contributed by atoms with Crippen LogP contribution in [0.1, 0.15) is 20.8 Å². The molecule has 4 rings (SSSR count). The first kappa shape index (κ1) is 17.7. The largest absolute Gasteiger partial charge is 0.366 e. The Labute approximate surface area is 164 Å². The van der Waals surface area contributed by atoms with Gasteiger partial charge >= 0.3 is 0 Å². The number of H-pyrrole nitrogens is 1. The molecule has 138 valence electrons. The Kier molecular flexibility index (Phi) is 4.74. The average Bonchev–Trinajstić information content (AvgIpc) is 3.36. The van der Waals surface area contributed by atoms with Crippen molar-refractivity contribution in [3.8, 4) is 0 Å². The number of carbonyl (C=O) groups excluding carboxylic acids is 2. The highest BCUT2D eigenvalue weighted by Crippen LogP contribution is 2.25. The molecule has 28 heavy (non-hydrogen) atoms. The van der Waals surface area contributed by atoms with Crippen LogP contribution in [0, 0.1) is 0 Å². The van der Waals surface area contributed by atoms with Gasteiger partial charge in [0.2, 0.25) is 5.91 Å². The molecule has 3 aromatic heterocycles. The minimum Gasteiger partial charge on any atom is -0.366 e. The molecule has 6 nitrogen and oxygen atoms in total. The van der Waals surface area contributed by atoms with Crippen LogP contribution in [-0.2, 0) is 4.79 Å². The summed E-state index contributed by atoms with van der Waals surface area (Å²) >= 11 is 1.37. The van der Waals surface area contributed by atoms with E-state index in [1.165, 1.54) is 11.3 Å². The number of hydrogen-bond donors (Lipinski definition) is 3. The summed E-state index contributed by atoms with van der Waals surface area (Å²) in [6.07, 6.45) is 3.50. The van der Waals surface area contributed by atoms with Gasteiger partial charge < -0.3 is 16.0 Å². The lowest BCUT2D eigenvalue weighted by atomic mass is 10.0. The van der Waals surface area contributed by atoms with Crippen LogP contribution in [0.3, 0.4) is 0 Å². The predicted octanol–water partition coefficient (Wildman–Crippen LogP) is 3.90. The molecule has 3 heterocycles. The van der Waals surface area contributed by atoms with Crippen LogP contribution in [0.5, 0.6) is 0 Å². The second kappa shape index (κ2) is 7.50. The number of amides is 2. The molecule has 2 amide bonds. The molecular formula is C21H16N4O2S. The standard InChI is InChI=1S/C21H16N4O2S/c22-19(26)16(13-5-2-1-3-6-13)11-14-12-23-20-15(14)8-9-18(24-20)25-21(27)17-7-4-10-28-17/h1-12H,(H2,22,26)(H2,23,24,25,27). The summed E-state index contributed by atoms with van der Waals surface area (Å²) in [6, 6.07) is 16.4. The van der Waals surface area contributed by atoms with Gasteiger partial charge in [-0.3, -0.25) is 9.59 Å². The maximum atomic E-state index is 12.2. The number of nitrogens with zero attached hydrogens (tertiary/aromatic N) is 1. The quantitative estimate of drug-likeness (QED) is 0.452. The number of hydrogen-bond acceptors (Lipinski definition) is 4. The fraction of sp³-hybridized carbons (Fsp3) is 0. The fourth-order valence-electron chi connectivity index (χ4n) is 2.87. The van der Waals surface area contributed by atoms with Gasteiger partial charge in [0, 0.05) is 22.7 Å². The van der Waals surface area contributed by atoms with Crippen LogP contribution in [0.2, 0.25) is 0 Å². The van der Waals surface area contributed by atoms with Gasteiger partial charge in [-0.05, 0) is 35.2 Å². The maximum Gasteiger partial charge on any atom is 0.266 e. The van der Waals surface area contributed by atoms with Crippen LogP contribution in [-0.4, -0.2) is 21.8 Å². The van der Waals surface area contributed by atoms with Crippen molar-refractivity contribution in [3.05, 3.63) is 82.2 Å². The van der Waals surface area contributed by atoms with Crippen molar-refractivity contribution in [2.45, 2.75) is 0 Å². The normalized spacial score (nSPS) is 11.5. The van der Waals surface area contributed by atoms with Gasteiger partial charge in [-0.2, -0.15) is 0 Å². The second-order valence-corrected chi connectivity index (χ2v) is 7.00. The molecule has 0 saturated heterocycles. The van der Waals surface area contributed by atoms with Crippen molar-refractivity contribution in [2.75, 3.05) is 5.32 Å². The van der Waals surface area contributed by atoms with Gasteiger partial charge in [0.05, 0.1) is 4.88 Å². The van der Waals surface area contributed by atoms with Crippen LogP contribution < -0.4 is 11.1 Å². The Morgan fingerprint density at radius 2 is 1.89 bits per heavy atom. The summed E-state index contributed by atoms with van der Waals surface area (Å²) in [5.74, 6) is -0.261. The molecule has 4 aromatic rings. The Balaban J connectivity index is 1.66. The van der Waals surface area contributed by atoms with Gasteiger partial charge in [-0.15, -0.1) is 11.3 Å². The zero-order valence-electron chi connectivity index (χ0n) is 14.7. The van der Waals surface area contributed by atoms with E-state index in [0.29, 0.717) is 21.9 Å². The number of rotatable bonds is 5. The molecule has 0 aliphatic carbocycles. The number of thiophene rings is 1. The molecule has 7 heteroatoms. The molecule has 0 aliphatic rings. The lowest BCUT2D eigenvalue weighted by Gasteiger charge is -2.04. The van der Waals surface area contributed by atoms with Crippen molar-refractivity contribution in [2.24, 2.45) is 5.73 Å². The van der Waals surface area contributed by atoms with Gasteiger partial charge in [0.15, 0.2) is 0 Å². The molecule has 4 N–H and O–H groups in total. The highest BCUT2D eigenvalue weighted by molar-refractivity contribution is 7.12. The highest BCUT2D eigenvalue weighted by Gasteiger charge is 2.12. The van der Waals surface area contributed by atoms with E-state index >= 15 is 0 Å². The Morgan fingerprint density at radius 1 is 1.07 bits per heavy atom. The third kappa shape index (κ3) is 3.56. The number of pyridine rings is 1. The number of fused-ring (bicyclic) bond motifs is 1. The van der Waals surface area contributed by atoms with Crippen LogP contribution in [0.15, 0.2) is 66.2 Å². The molecule has 0 aliphatic heterocycles.